The van der Waals surface area contributed by atoms with Crippen LogP contribution in [0.5, 0.6) is 5.75 Å². The molecule has 0 saturated carbocycles. The van der Waals surface area contributed by atoms with E-state index in [1.807, 2.05) is 24.0 Å². The van der Waals surface area contributed by atoms with E-state index in [0.717, 1.165) is 19.6 Å². The van der Waals surface area contributed by atoms with Gasteiger partial charge in [-0.2, -0.15) is 0 Å². The number of nitrogens with zero attached hydrogens (tertiary/aromatic N) is 2. The number of para-hydroxylation sites is 1. The van der Waals surface area contributed by atoms with Crippen molar-refractivity contribution in [2.24, 2.45) is 0 Å². The van der Waals surface area contributed by atoms with Crippen LogP contribution in [0.4, 0.5) is 5.69 Å². The minimum absolute atomic E-state index is 0.0392. The average molecular weight is 289 g/mol. The number of rotatable bonds is 3. The smallest absolute Gasteiger partial charge is 0.257 e. The lowest BCUT2D eigenvalue weighted by Crippen LogP contribution is -2.52. The molecular formula is C16H23N3O2. The first-order valence-corrected chi connectivity index (χ1v) is 7.75. The largest absolute Gasteiger partial charge is 0.491 e. The molecule has 0 aliphatic carbocycles. The van der Waals surface area contributed by atoms with E-state index in [-0.39, 0.29) is 5.91 Å². The van der Waals surface area contributed by atoms with Crippen molar-refractivity contribution in [2.75, 3.05) is 38.5 Å². The molecule has 2 saturated heterocycles. The average Bonchev–Trinajstić information content (AvgIpc) is 2.96. The first-order chi connectivity index (χ1) is 10.2. The molecule has 1 atom stereocenters. The molecule has 1 aromatic rings. The Bertz CT molecular complexity index is 532. The predicted octanol–water partition coefficient (Wildman–Crippen LogP) is 1.59. The third-order valence-electron chi connectivity index (χ3n) is 4.44. The number of nitrogen functional groups attached to an aromatic ring is 1. The van der Waals surface area contributed by atoms with Crippen molar-refractivity contribution in [1.82, 2.24) is 9.80 Å². The van der Waals surface area contributed by atoms with Crippen molar-refractivity contribution < 1.29 is 9.53 Å². The molecule has 1 amide bonds. The fourth-order valence-corrected chi connectivity index (χ4v) is 3.37. The minimum Gasteiger partial charge on any atom is -0.491 e. The molecule has 1 unspecified atom stereocenters. The molecule has 5 heteroatoms. The normalized spacial score (nSPS) is 22.1. The summed E-state index contributed by atoms with van der Waals surface area (Å²) in [4.78, 5) is 17.2. The standard InChI is InChI=1S/C16H23N3O2/c1-2-21-15-13(6-3-7-14(15)17)16(20)19-10-9-18-8-4-5-12(18)11-19/h3,6-7,12H,2,4-5,8-11,17H2,1H3. The number of fused-ring (bicyclic) bond motifs is 1. The number of nitrogens with two attached hydrogens (primary N) is 1. The Kier molecular flexibility index (Phi) is 4.01. The Morgan fingerprint density at radius 1 is 1.38 bits per heavy atom. The van der Waals surface area contributed by atoms with Crippen molar-refractivity contribution in [3.05, 3.63) is 23.8 Å². The number of carbonyl (C=O) groups excluding carboxylic acids is 1. The fraction of sp³-hybridized carbons (Fsp3) is 0.562. The molecule has 21 heavy (non-hydrogen) atoms. The Morgan fingerprint density at radius 2 is 2.24 bits per heavy atom. The Balaban J connectivity index is 1.80. The summed E-state index contributed by atoms with van der Waals surface area (Å²) < 4.78 is 5.58. The first kappa shape index (κ1) is 14.2. The molecular weight excluding hydrogens is 266 g/mol. The molecule has 5 nitrogen and oxygen atoms in total. The topological polar surface area (TPSA) is 58.8 Å². The highest BCUT2D eigenvalue weighted by Crippen LogP contribution is 2.29. The Labute approximate surface area is 125 Å². The van der Waals surface area contributed by atoms with Gasteiger partial charge in [-0.1, -0.05) is 6.07 Å². The summed E-state index contributed by atoms with van der Waals surface area (Å²) in [5.74, 6) is 0.566. The fourth-order valence-electron chi connectivity index (χ4n) is 3.37. The van der Waals surface area contributed by atoms with Gasteiger partial charge in [0.2, 0.25) is 0 Å². The van der Waals surface area contributed by atoms with Crippen LogP contribution in [0.3, 0.4) is 0 Å². The zero-order valence-corrected chi connectivity index (χ0v) is 12.5. The summed E-state index contributed by atoms with van der Waals surface area (Å²) in [6.07, 6.45) is 2.44. The van der Waals surface area contributed by atoms with E-state index in [2.05, 4.69) is 4.90 Å². The van der Waals surface area contributed by atoms with Crippen molar-refractivity contribution in [1.29, 1.82) is 0 Å². The first-order valence-electron chi connectivity index (χ1n) is 7.75. The number of amides is 1. The summed E-state index contributed by atoms with van der Waals surface area (Å²) in [6.45, 7) is 6.16. The van der Waals surface area contributed by atoms with Crippen molar-refractivity contribution in [3.8, 4) is 5.75 Å². The molecule has 0 radical (unpaired) electrons. The van der Waals surface area contributed by atoms with Crippen molar-refractivity contribution in [3.63, 3.8) is 0 Å². The molecule has 2 N–H and O–H groups in total. The summed E-state index contributed by atoms with van der Waals surface area (Å²) in [5.41, 5.74) is 7.07. The molecule has 2 aliphatic heterocycles. The second-order valence-corrected chi connectivity index (χ2v) is 5.74. The summed E-state index contributed by atoms with van der Waals surface area (Å²) in [6, 6.07) is 5.93. The Morgan fingerprint density at radius 3 is 3.05 bits per heavy atom. The van der Waals surface area contributed by atoms with Gasteiger partial charge in [0.25, 0.3) is 5.91 Å². The highest BCUT2D eigenvalue weighted by molar-refractivity contribution is 5.98. The van der Waals surface area contributed by atoms with Crippen LogP contribution in [-0.2, 0) is 0 Å². The maximum absolute atomic E-state index is 12.8. The van der Waals surface area contributed by atoms with Crippen molar-refractivity contribution in [2.45, 2.75) is 25.8 Å². The lowest BCUT2D eigenvalue weighted by molar-refractivity contribution is 0.0568. The van der Waals surface area contributed by atoms with Gasteiger partial charge < -0.3 is 15.4 Å². The van der Waals surface area contributed by atoms with E-state index in [1.54, 1.807) is 6.07 Å². The number of hydrogen-bond acceptors (Lipinski definition) is 4. The van der Waals surface area contributed by atoms with Crippen LogP contribution in [0.2, 0.25) is 0 Å². The van der Waals surface area contributed by atoms with E-state index in [9.17, 15) is 4.79 Å². The molecule has 0 spiro atoms. The van der Waals surface area contributed by atoms with E-state index in [4.69, 9.17) is 10.5 Å². The molecule has 2 heterocycles. The summed E-state index contributed by atoms with van der Waals surface area (Å²) >= 11 is 0. The van der Waals surface area contributed by atoms with Gasteiger partial charge in [-0.25, -0.2) is 0 Å². The van der Waals surface area contributed by atoms with Crippen molar-refractivity contribution >= 4 is 11.6 Å². The van der Waals surface area contributed by atoms with E-state index in [0.29, 0.717) is 29.6 Å². The van der Waals surface area contributed by atoms with Crippen LogP contribution >= 0.6 is 0 Å². The molecule has 0 aromatic heterocycles. The third-order valence-corrected chi connectivity index (χ3v) is 4.44. The zero-order chi connectivity index (χ0) is 14.8. The van der Waals surface area contributed by atoms with Gasteiger partial charge in [0.05, 0.1) is 17.9 Å². The van der Waals surface area contributed by atoms with E-state index < -0.39 is 0 Å². The number of anilines is 1. The third kappa shape index (κ3) is 2.70. The van der Waals surface area contributed by atoms with Crippen LogP contribution in [0.25, 0.3) is 0 Å². The molecule has 2 fully saturated rings. The Hall–Kier alpha value is -1.75. The van der Waals surface area contributed by atoms with E-state index >= 15 is 0 Å². The highest BCUT2D eigenvalue weighted by Gasteiger charge is 2.33. The quantitative estimate of drug-likeness (QED) is 0.859. The van der Waals surface area contributed by atoms with Gasteiger partial charge in [-0.05, 0) is 38.4 Å². The maximum atomic E-state index is 12.8. The van der Waals surface area contributed by atoms with Gasteiger partial charge in [0.1, 0.15) is 0 Å². The van der Waals surface area contributed by atoms with Gasteiger partial charge in [-0.15, -0.1) is 0 Å². The highest BCUT2D eigenvalue weighted by atomic mass is 16.5. The molecule has 2 aliphatic rings. The van der Waals surface area contributed by atoms with Crippen LogP contribution < -0.4 is 10.5 Å². The van der Waals surface area contributed by atoms with Crippen LogP contribution in [0.1, 0.15) is 30.1 Å². The van der Waals surface area contributed by atoms with Crippen LogP contribution in [-0.4, -0.2) is 54.5 Å². The lowest BCUT2D eigenvalue weighted by atomic mass is 10.1. The number of carbonyl (C=O) groups is 1. The molecule has 114 valence electrons. The monoisotopic (exact) mass is 289 g/mol. The lowest BCUT2D eigenvalue weighted by Gasteiger charge is -2.37. The number of piperazine rings is 1. The second kappa shape index (κ2) is 5.93. The summed E-state index contributed by atoms with van der Waals surface area (Å²) in [5, 5.41) is 0. The maximum Gasteiger partial charge on any atom is 0.257 e. The minimum atomic E-state index is 0.0392. The van der Waals surface area contributed by atoms with Gasteiger partial charge in [-0.3, -0.25) is 9.69 Å². The van der Waals surface area contributed by atoms with Gasteiger partial charge in [0.15, 0.2) is 5.75 Å². The number of benzene rings is 1. The van der Waals surface area contributed by atoms with Gasteiger partial charge >= 0.3 is 0 Å². The van der Waals surface area contributed by atoms with E-state index in [1.165, 1.54) is 19.4 Å². The molecule has 1 aromatic carbocycles. The number of ether oxygens (including phenoxy) is 1. The SMILES string of the molecule is CCOc1c(N)cccc1C(=O)N1CCN2CCCC2C1. The molecule has 3 rings (SSSR count). The zero-order valence-electron chi connectivity index (χ0n) is 12.5. The summed E-state index contributed by atoms with van der Waals surface area (Å²) in [7, 11) is 0. The van der Waals surface area contributed by atoms with Crippen LogP contribution in [0, 0.1) is 0 Å². The second-order valence-electron chi connectivity index (χ2n) is 5.74. The van der Waals surface area contributed by atoms with Crippen LogP contribution in [0.15, 0.2) is 18.2 Å². The molecule has 0 bridgehead atoms. The predicted molar refractivity (Wildman–Crippen MR) is 82.5 cm³/mol. The van der Waals surface area contributed by atoms with Gasteiger partial charge in [0, 0.05) is 25.7 Å². The number of hydrogen-bond donors (Lipinski definition) is 1.